The molecule has 0 atom stereocenters. The molecule has 1 aliphatic rings. The summed E-state index contributed by atoms with van der Waals surface area (Å²) in [5.74, 6) is 1.23. The maximum Gasteiger partial charge on any atom is 0.522 e. The van der Waals surface area contributed by atoms with E-state index >= 15 is 0 Å². The molecular formula is C22H22Br2F6N4O2. The Morgan fingerprint density at radius 2 is 1.56 bits per heavy atom. The standard InChI is InChI=1S/C13H12BrF3N2O.C9H10BrF3N2O/c14-9-3-4-10-11(7-9)19(5-6-20-13(15,16)17)12(18-10)8-1-2-8;10-6-1-2-7(14)8(5-6)15-3-4-16-9(11,12)13/h3-4,7-8H,1-2,5-6H2;1-2,5,15H,3-4,14H2. The van der Waals surface area contributed by atoms with Crippen LogP contribution in [0.1, 0.15) is 24.6 Å². The average Bonchev–Trinajstić information content (AvgIpc) is 3.55. The number of nitrogen functional groups attached to an aromatic ring is 1. The highest BCUT2D eigenvalue weighted by molar-refractivity contribution is 9.10. The van der Waals surface area contributed by atoms with E-state index in [0.29, 0.717) is 17.3 Å². The fraction of sp³-hybridized carbons (Fsp3) is 0.409. The van der Waals surface area contributed by atoms with Crippen molar-refractivity contribution in [3.05, 3.63) is 51.2 Å². The van der Waals surface area contributed by atoms with E-state index in [1.165, 1.54) is 0 Å². The van der Waals surface area contributed by atoms with Gasteiger partial charge in [0, 0.05) is 28.0 Å². The minimum Gasteiger partial charge on any atom is -0.397 e. The second kappa shape index (κ2) is 12.0. The number of hydrogen-bond acceptors (Lipinski definition) is 5. The van der Waals surface area contributed by atoms with Crippen molar-refractivity contribution in [2.75, 3.05) is 30.8 Å². The van der Waals surface area contributed by atoms with Gasteiger partial charge in [-0.3, -0.25) is 9.47 Å². The van der Waals surface area contributed by atoms with E-state index < -0.39 is 25.9 Å². The third kappa shape index (κ3) is 9.12. The number of rotatable bonds is 8. The molecule has 0 radical (unpaired) electrons. The molecule has 198 valence electrons. The second-order valence-corrected chi connectivity index (χ2v) is 9.61. The Kier molecular flexibility index (Phi) is 9.52. The number of aromatic nitrogens is 2. The van der Waals surface area contributed by atoms with Gasteiger partial charge in [-0.1, -0.05) is 31.9 Å². The van der Waals surface area contributed by atoms with Gasteiger partial charge in [-0.25, -0.2) is 4.98 Å². The Balaban J connectivity index is 0.000000207. The van der Waals surface area contributed by atoms with Gasteiger partial charge in [0.05, 0.1) is 35.6 Å². The molecule has 36 heavy (non-hydrogen) atoms. The number of hydrogen-bond donors (Lipinski definition) is 2. The molecule has 0 unspecified atom stereocenters. The van der Waals surface area contributed by atoms with Crippen LogP contribution in [-0.2, 0) is 16.0 Å². The number of alkyl halides is 6. The molecular weight excluding hydrogens is 626 g/mol. The van der Waals surface area contributed by atoms with Crippen molar-refractivity contribution in [2.24, 2.45) is 0 Å². The average molecular weight is 648 g/mol. The van der Waals surface area contributed by atoms with Gasteiger partial charge in [0.1, 0.15) is 5.82 Å². The van der Waals surface area contributed by atoms with Crippen molar-refractivity contribution in [2.45, 2.75) is 38.0 Å². The van der Waals surface area contributed by atoms with Crippen LogP contribution in [0.15, 0.2) is 45.3 Å². The fourth-order valence-corrected chi connectivity index (χ4v) is 4.00. The molecule has 3 N–H and O–H groups in total. The highest BCUT2D eigenvalue weighted by Gasteiger charge is 2.31. The Morgan fingerprint density at radius 1 is 0.944 bits per heavy atom. The van der Waals surface area contributed by atoms with E-state index in [1.54, 1.807) is 18.2 Å². The van der Waals surface area contributed by atoms with Gasteiger partial charge in [0.15, 0.2) is 0 Å². The Morgan fingerprint density at radius 3 is 2.19 bits per heavy atom. The van der Waals surface area contributed by atoms with Crippen LogP contribution in [-0.4, -0.2) is 42.0 Å². The molecule has 1 fully saturated rings. The van der Waals surface area contributed by atoms with Crippen LogP contribution in [0.4, 0.5) is 37.7 Å². The molecule has 6 nitrogen and oxygen atoms in total. The van der Waals surface area contributed by atoms with Crippen molar-refractivity contribution in [1.29, 1.82) is 0 Å². The summed E-state index contributed by atoms with van der Waals surface area (Å²) in [5.41, 5.74) is 8.30. The minimum absolute atomic E-state index is 0.0279. The lowest BCUT2D eigenvalue weighted by Crippen LogP contribution is -2.19. The van der Waals surface area contributed by atoms with E-state index in [-0.39, 0.29) is 13.1 Å². The smallest absolute Gasteiger partial charge is 0.397 e. The van der Waals surface area contributed by atoms with Gasteiger partial charge in [-0.15, -0.1) is 26.3 Å². The molecule has 2 aromatic carbocycles. The van der Waals surface area contributed by atoms with E-state index in [0.717, 1.165) is 38.6 Å². The predicted octanol–water partition coefficient (Wildman–Crippen LogP) is 7.19. The number of anilines is 2. The summed E-state index contributed by atoms with van der Waals surface area (Å²) in [4.78, 5) is 4.54. The van der Waals surface area contributed by atoms with Crippen molar-refractivity contribution < 1.29 is 35.8 Å². The molecule has 1 aromatic heterocycles. The maximum atomic E-state index is 12.1. The SMILES string of the molecule is FC(F)(F)OCCn1c(C2CC2)nc2ccc(Br)cc21.Nc1ccc(Br)cc1NCCOC(F)(F)F. The first-order valence-corrected chi connectivity index (χ1v) is 12.3. The van der Waals surface area contributed by atoms with Crippen LogP contribution in [0.25, 0.3) is 11.0 Å². The zero-order valence-corrected chi connectivity index (χ0v) is 21.8. The first-order valence-electron chi connectivity index (χ1n) is 10.7. The number of nitrogens with two attached hydrogens (primary N) is 1. The zero-order valence-electron chi connectivity index (χ0n) is 18.6. The van der Waals surface area contributed by atoms with E-state index in [1.807, 2.05) is 22.8 Å². The van der Waals surface area contributed by atoms with Crippen LogP contribution in [0, 0.1) is 0 Å². The molecule has 1 saturated carbocycles. The topological polar surface area (TPSA) is 74.3 Å². The van der Waals surface area contributed by atoms with Crippen molar-refractivity contribution >= 4 is 54.3 Å². The predicted molar refractivity (Wildman–Crippen MR) is 130 cm³/mol. The third-order valence-corrected chi connectivity index (χ3v) is 5.95. The normalized spacial score (nSPS) is 14.0. The number of fused-ring (bicyclic) bond motifs is 1. The number of halogens is 8. The Hall–Kier alpha value is -2.03. The van der Waals surface area contributed by atoms with Gasteiger partial charge in [-0.2, -0.15) is 0 Å². The van der Waals surface area contributed by atoms with Gasteiger partial charge in [-0.05, 0) is 49.2 Å². The summed E-state index contributed by atoms with van der Waals surface area (Å²) < 4.78 is 82.2. The lowest BCUT2D eigenvalue weighted by atomic mass is 10.3. The van der Waals surface area contributed by atoms with E-state index in [2.05, 4.69) is 51.6 Å². The van der Waals surface area contributed by atoms with Crippen LogP contribution < -0.4 is 11.1 Å². The highest BCUT2D eigenvalue weighted by atomic mass is 79.9. The van der Waals surface area contributed by atoms with Crippen LogP contribution >= 0.6 is 31.9 Å². The molecule has 14 heteroatoms. The Labute approximate surface area is 219 Å². The highest BCUT2D eigenvalue weighted by Crippen LogP contribution is 2.41. The fourth-order valence-electron chi connectivity index (χ4n) is 3.29. The van der Waals surface area contributed by atoms with Crippen molar-refractivity contribution in [3.8, 4) is 0 Å². The molecule has 4 rings (SSSR count). The minimum atomic E-state index is -4.59. The number of benzene rings is 2. The zero-order chi connectivity index (χ0) is 26.5. The van der Waals surface area contributed by atoms with E-state index in [9.17, 15) is 26.3 Å². The van der Waals surface area contributed by atoms with Crippen molar-refractivity contribution in [1.82, 2.24) is 9.55 Å². The van der Waals surface area contributed by atoms with Crippen LogP contribution in [0.3, 0.4) is 0 Å². The second-order valence-electron chi connectivity index (χ2n) is 7.78. The number of nitrogens with zero attached hydrogens (tertiary/aromatic N) is 2. The maximum absolute atomic E-state index is 12.1. The monoisotopic (exact) mass is 646 g/mol. The van der Waals surface area contributed by atoms with Gasteiger partial charge >= 0.3 is 12.7 Å². The molecule has 0 saturated heterocycles. The summed E-state index contributed by atoms with van der Waals surface area (Å²) in [6.07, 6.45) is -7.09. The van der Waals surface area contributed by atoms with Crippen molar-refractivity contribution in [3.63, 3.8) is 0 Å². The summed E-state index contributed by atoms with van der Waals surface area (Å²) >= 11 is 6.61. The molecule has 1 aliphatic carbocycles. The summed E-state index contributed by atoms with van der Waals surface area (Å²) in [6, 6.07) is 10.7. The summed E-state index contributed by atoms with van der Waals surface area (Å²) in [5, 5.41) is 2.75. The molecule has 0 bridgehead atoms. The number of ether oxygens (including phenoxy) is 2. The Bertz CT molecular complexity index is 1170. The quantitative estimate of drug-likeness (QED) is 0.154. The first-order chi connectivity index (χ1) is 16.8. The molecule has 0 aliphatic heterocycles. The van der Waals surface area contributed by atoms with Crippen LogP contribution in [0.2, 0.25) is 0 Å². The van der Waals surface area contributed by atoms with E-state index in [4.69, 9.17) is 5.73 Å². The number of imidazole rings is 1. The lowest BCUT2D eigenvalue weighted by molar-refractivity contribution is -0.325. The number of nitrogens with one attached hydrogen (secondary N) is 1. The largest absolute Gasteiger partial charge is 0.522 e. The van der Waals surface area contributed by atoms with Gasteiger partial charge in [0.25, 0.3) is 0 Å². The van der Waals surface area contributed by atoms with Crippen LogP contribution in [0.5, 0.6) is 0 Å². The van der Waals surface area contributed by atoms with Gasteiger partial charge in [0.2, 0.25) is 0 Å². The summed E-state index contributed by atoms with van der Waals surface area (Å²) in [7, 11) is 0. The third-order valence-electron chi connectivity index (χ3n) is 4.96. The molecule has 3 aromatic rings. The molecule has 0 amide bonds. The molecule has 1 heterocycles. The summed E-state index contributed by atoms with van der Waals surface area (Å²) in [6.45, 7) is -0.685. The lowest BCUT2D eigenvalue weighted by Gasteiger charge is -2.11. The van der Waals surface area contributed by atoms with Gasteiger partial charge < -0.3 is 15.6 Å². The molecule has 0 spiro atoms. The first kappa shape index (κ1) is 28.5.